The number of carbonyl (C=O) groups excluding carboxylic acids is 3. The molecule has 0 unspecified atom stereocenters. The third-order valence-electron chi connectivity index (χ3n) is 4.71. The quantitative estimate of drug-likeness (QED) is 0.800. The number of imide groups is 1. The summed E-state index contributed by atoms with van der Waals surface area (Å²) in [7, 11) is 0. The molecule has 0 radical (unpaired) electrons. The van der Waals surface area contributed by atoms with E-state index in [-0.39, 0.29) is 5.41 Å². The lowest BCUT2D eigenvalue weighted by molar-refractivity contribution is -0.123. The second kappa shape index (κ2) is 8.42. The first-order valence-corrected chi connectivity index (χ1v) is 9.33. The first-order valence-electron chi connectivity index (χ1n) is 9.33. The summed E-state index contributed by atoms with van der Waals surface area (Å²) in [6.45, 7) is 12.2. The van der Waals surface area contributed by atoms with Gasteiger partial charge in [0.1, 0.15) is 0 Å². The Kier molecular flexibility index (Phi) is 6.44. The molecular weight excluding hydrogens is 356 g/mol. The van der Waals surface area contributed by atoms with Crippen molar-refractivity contribution >= 4 is 17.8 Å². The topological polar surface area (TPSA) is 77.4 Å². The average molecular weight is 384 g/mol. The smallest absolute Gasteiger partial charge is 0.340 e. The van der Waals surface area contributed by atoms with E-state index >= 15 is 0 Å². The highest BCUT2D eigenvalue weighted by Crippen LogP contribution is 2.22. The number of rotatable bonds is 5. The van der Waals surface area contributed by atoms with Crippen LogP contribution < -0.4 is 5.32 Å². The Labute approximate surface area is 165 Å². The summed E-state index contributed by atoms with van der Waals surface area (Å²) in [5.41, 5.74) is 3.61. The van der Waals surface area contributed by atoms with E-state index in [1.165, 1.54) is 0 Å². The van der Waals surface area contributed by atoms with Gasteiger partial charge in [0.05, 0.1) is 5.56 Å². The molecule has 6 heteroatoms. The van der Waals surface area contributed by atoms with Crippen molar-refractivity contribution in [3.8, 4) is 0 Å². The minimum atomic E-state index is -0.664. The fraction of sp³-hybridized carbons (Fsp3) is 0.409. The number of hydrogen-bond acceptors (Lipinski definition) is 4. The van der Waals surface area contributed by atoms with Crippen LogP contribution in [0.25, 0.3) is 0 Å². The maximum absolute atomic E-state index is 12.2. The van der Waals surface area contributed by atoms with Crippen LogP contribution in [0.1, 0.15) is 65.4 Å². The maximum atomic E-state index is 12.2. The van der Waals surface area contributed by atoms with Gasteiger partial charge >= 0.3 is 5.97 Å². The average Bonchev–Trinajstić information content (AvgIpc) is 2.92. The SMILES string of the molecule is CCn1c(C)cc(C(=O)OCC(=O)NC(=O)c2ccc(C(C)(C)C)cc2)c1C. The number of amides is 2. The third kappa shape index (κ3) is 4.88. The normalized spacial score (nSPS) is 11.2. The summed E-state index contributed by atoms with van der Waals surface area (Å²) in [4.78, 5) is 36.4. The molecule has 2 rings (SSSR count). The maximum Gasteiger partial charge on any atom is 0.340 e. The Hall–Kier alpha value is -2.89. The number of carbonyl (C=O) groups is 3. The van der Waals surface area contributed by atoms with Gasteiger partial charge in [-0.3, -0.25) is 14.9 Å². The van der Waals surface area contributed by atoms with E-state index in [1.807, 2.05) is 37.5 Å². The molecule has 150 valence electrons. The van der Waals surface area contributed by atoms with Crippen molar-refractivity contribution in [1.29, 1.82) is 0 Å². The number of aryl methyl sites for hydroxylation is 1. The van der Waals surface area contributed by atoms with E-state index in [9.17, 15) is 14.4 Å². The molecule has 0 spiro atoms. The van der Waals surface area contributed by atoms with Gasteiger partial charge in [-0.15, -0.1) is 0 Å². The predicted octanol–water partition coefficient (Wildman–Crippen LogP) is 3.54. The summed E-state index contributed by atoms with van der Waals surface area (Å²) < 4.78 is 7.06. The van der Waals surface area contributed by atoms with Crippen LogP contribution in [-0.2, 0) is 21.5 Å². The van der Waals surface area contributed by atoms with E-state index in [2.05, 4.69) is 26.1 Å². The van der Waals surface area contributed by atoms with Gasteiger partial charge in [0, 0.05) is 23.5 Å². The van der Waals surface area contributed by atoms with Gasteiger partial charge < -0.3 is 9.30 Å². The molecule has 0 saturated carbocycles. The molecule has 0 aliphatic carbocycles. The van der Waals surface area contributed by atoms with Gasteiger partial charge in [-0.05, 0) is 49.9 Å². The number of ether oxygens (including phenoxy) is 1. The lowest BCUT2D eigenvalue weighted by Crippen LogP contribution is -2.34. The monoisotopic (exact) mass is 384 g/mol. The Balaban J connectivity index is 1.93. The van der Waals surface area contributed by atoms with Crippen molar-refractivity contribution in [2.24, 2.45) is 0 Å². The zero-order valence-electron chi connectivity index (χ0n) is 17.4. The molecule has 0 aliphatic heterocycles. The highest BCUT2D eigenvalue weighted by Gasteiger charge is 2.19. The molecular formula is C22H28N2O4. The van der Waals surface area contributed by atoms with Gasteiger partial charge in [0.25, 0.3) is 11.8 Å². The summed E-state index contributed by atoms with van der Waals surface area (Å²) in [5.74, 6) is -1.77. The molecule has 0 aliphatic rings. The standard InChI is InChI=1S/C22H28N2O4/c1-7-24-14(2)12-18(15(24)3)21(27)28-13-19(25)23-20(26)16-8-10-17(11-9-16)22(4,5)6/h8-12H,7,13H2,1-6H3,(H,23,25,26). The van der Waals surface area contributed by atoms with Crippen molar-refractivity contribution in [3.63, 3.8) is 0 Å². The summed E-state index contributed by atoms with van der Waals surface area (Å²) in [6.07, 6.45) is 0. The van der Waals surface area contributed by atoms with Crippen molar-refractivity contribution in [2.45, 2.75) is 53.5 Å². The largest absolute Gasteiger partial charge is 0.452 e. The van der Waals surface area contributed by atoms with Gasteiger partial charge in [-0.2, -0.15) is 0 Å². The second-order valence-corrected chi connectivity index (χ2v) is 7.81. The van der Waals surface area contributed by atoms with Gasteiger partial charge in [0.2, 0.25) is 0 Å². The highest BCUT2D eigenvalue weighted by molar-refractivity contribution is 6.05. The molecule has 2 aromatic rings. The first-order chi connectivity index (χ1) is 13.0. The molecule has 1 aromatic carbocycles. The summed E-state index contributed by atoms with van der Waals surface area (Å²) >= 11 is 0. The van der Waals surface area contributed by atoms with Gasteiger partial charge in [0.15, 0.2) is 6.61 Å². The van der Waals surface area contributed by atoms with Crippen molar-refractivity contribution in [2.75, 3.05) is 6.61 Å². The van der Waals surface area contributed by atoms with E-state index in [1.54, 1.807) is 18.2 Å². The number of esters is 1. The molecule has 0 saturated heterocycles. The van der Waals surface area contributed by atoms with Gasteiger partial charge in [-0.1, -0.05) is 32.9 Å². The minimum Gasteiger partial charge on any atom is -0.452 e. The highest BCUT2D eigenvalue weighted by atomic mass is 16.5. The zero-order chi connectivity index (χ0) is 21.1. The van der Waals surface area contributed by atoms with Crippen LogP contribution in [0.4, 0.5) is 0 Å². The molecule has 0 fully saturated rings. The van der Waals surface area contributed by atoms with Gasteiger partial charge in [-0.25, -0.2) is 4.79 Å². The number of benzene rings is 1. The third-order valence-corrected chi connectivity index (χ3v) is 4.71. The van der Waals surface area contributed by atoms with Crippen molar-refractivity contribution < 1.29 is 19.1 Å². The fourth-order valence-corrected chi connectivity index (χ4v) is 3.06. The van der Waals surface area contributed by atoms with Crippen LogP contribution >= 0.6 is 0 Å². The predicted molar refractivity (Wildman–Crippen MR) is 107 cm³/mol. The lowest BCUT2D eigenvalue weighted by Gasteiger charge is -2.19. The van der Waals surface area contributed by atoms with Crippen LogP contribution in [0.15, 0.2) is 30.3 Å². The zero-order valence-corrected chi connectivity index (χ0v) is 17.4. The van der Waals surface area contributed by atoms with E-state index < -0.39 is 24.4 Å². The second-order valence-electron chi connectivity index (χ2n) is 7.81. The Bertz CT molecular complexity index is 886. The lowest BCUT2D eigenvalue weighted by atomic mass is 9.87. The number of aromatic nitrogens is 1. The molecule has 1 N–H and O–H groups in total. The van der Waals surface area contributed by atoms with E-state index in [0.29, 0.717) is 11.1 Å². The minimum absolute atomic E-state index is 0.0216. The molecule has 1 heterocycles. The Morgan fingerprint density at radius 3 is 2.18 bits per heavy atom. The molecule has 6 nitrogen and oxygen atoms in total. The summed E-state index contributed by atoms with van der Waals surface area (Å²) in [6, 6.07) is 8.82. The van der Waals surface area contributed by atoms with Crippen LogP contribution in [0.2, 0.25) is 0 Å². The van der Waals surface area contributed by atoms with Crippen LogP contribution in [0.3, 0.4) is 0 Å². The molecule has 0 bridgehead atoms. The molecule has 28 heavy (non-hydrogen) atoms. The number of hydrogen-bond donors (Lipinski definition) is 1. The van der Waals surface area contributed by atoms with Crippen molar-refractivity contribution in [1.82, 2.24) is 9.88 Å². The molecule has 2 amide bonds. The molecule has 0 atom stereocenters. The van der Waals surface area contributed by atoms with E-state index in [4.69, 9.17) is 4.74 Å². The fourth-order valence-electron chi connectivity index (χ4n) is 3.06. The van der Waals surface area contributed by atoms with Crippen LogP contribution in [0, 0.1) is 13.8 Å². The van der Waals surface area contributed by atoms with Crippen LogP contribution in [-0.4, -0.2) is 29.0 Å². The number of nitrogens with one attached hydrogen (secondary N) is 1. The van der Waals surface area contributed by atoms with E-state index in [0.717, 1.165) is 23.5 Å². The first kappa shape index (κ1) is 21.4. The van der Waals surface area contributed by atoms with Crippen molar-refractivity contribution in [3.05, 3.63) is 58.4 Å². The van der Waals surface area contributed by atoms with Crippen LogP contribution in [0.5, 0.6) is 0 Å². The Morgan fingerprint density at radius 2 is 1.68 bits per heavy atom. The molecule has 1 aromatic heterocycles. The number of nitrogens with zero attached hydrogens (tertiary/aromatic N) is 1. The summed E-state index contributed by atoms with van der Waals surface area (Å²) in [5, 5.41) is 2.24. The Morgan fingerprint density at radius 1 is 1.07 bits per heavy atom.